The smallest absolute Gasteiger partial charge is 0.161 e. The molecule has 21 heavy (non-hydrogen) atoms. The molecule has 1 fully saturated rings. The molecule has 0 saturated carbocycles. The Labute approximate surface area is 125 Å². The Morgan fingerprint density at radius 1 is 1.38 bits per heavy atom. The minimum Gasteiger partial charge on any atom is -0.298 e. The predicted molar refractivity (Wildman–Crippen MR) is 81.6 cm³/mol. The van der Waals surface area contributed by atoms with Crippen molar-refractivity contribution in [3.8, 4) is 0 Å². The Balaban J connectivity index is 1.85. The minimum absolute atomic E-state index is 0.539. The van der Waals surface area contributed by atoms with E-state index in [0.717, 1.165) is 24.2 Å². The molecule has 0 bridgehead atoms. The summed E-state index contributed by atoms with van der Waals surface area (Å²) >= 11 is 0. The van der Waals surface area contributed by atoms with Gasteiger partial charge < -0.3 is 0 Å². The number of carbonyl (C=O) groups excluding carboxylic acids is 1. The van der Waals surface area contributed by atoms with Crippen molar-refractivity contribution in [3.05, 3.63) is 29.7 Å². The average molecular weight is 286 g/mol. The number of piperidine rings is 1. The van der Waals surface area contributed by atoms with Crippen LogP contribution in [0.4, 0.5) is 0 Å². The molecule has 3 rings (SSSR count). The normalized spacial score (nSPS) is 20.2. The maximum atomic E-state index is 10.8. The largest absolute Gasteiger partial charge is 0.298 e. The van der Waals surface area contributed by atoms with Crippen LogP contribution in [0.3, 0.4) is 0 Å². The van der Waals surface area contributed by atoms with Crippen LogP contribution in [0.5, 0.6) is 0 Å². The monoisotopic (exact) mass is 286 g/mol. The third-order valence-corrected chi connectivity index (χ3v) is 4.39. The van der Waals surface area contributed by atoms with E-state index in [1.165, 1.54) is 25.8 Å². The molecular formula is C16H22N4O. The Morgan fingerprint density at radius 3 is 3.00 bits per heavy atom. The van der Waals surface area contributed by atoms with Crippen LogP contribution in [-0.2, 0) is 6.42 Å². The number of fused-ring (bicyclic) bond motifs is 1. The SMILES string of the molecule is CC(C)N1CCCCC1Cc1nnc2cc(C=O)ccn12. The fourth-order valence-corrected chi connectivity index (χ4v) is 3.30. The van der Waals surface area contributed by atoms with Crippen LogP contribution < -0.4 is 0 Å². The zero-order chi connectivity index (χ0) is 14.8. The van der Waals surface area contributed by atoms with E-state index in [4.69, 9.17) is 0 Å². The van der Waals surface area contributed by atoms with Crippen LogP contribution in [0.15, 0.2) is 18.3 Å². The van der Waals surface area contributed by atoms with Gasteiger partial charge in [0.05, 0.1) is 0 Å². The first-order chi connectivity index (χ1) is 10.2. The average Bonchev–Trinajstić information content (AvgIpc) is 2.90. The number of hydrogen-bond donors (Lipinski definition) is 0. The lowest BCUT2D eigenvalue weighted by Gasteiger charge is -2.38. The van der Waals surface area contributed by atoms with Crippen molar-refractivity contribution in [2.75, 3.05) is 6.54 Å². The molecule has 1 atom stereocenters. The molecular weight excluding hydrogens is 264 g/mol. The number of pyridine rings is 1. The number of rotatable bonds is 4. The fraction of sp³-hybridized carbons (Fsp3) is 0.562. The second-order valence-corrected chi connectivity index (χ2v) is 6.11. The minimum atomic E-state index is 0.539. The third kappa shape index (κ3) is 2.83. The Kier molecular flexibility index (Phi) is 4.01. The summed E-state index contributed by atoms with van der Waals surface area (Å²) in [4.78, 5) is 13.4. The molecule has 3 heterocycles. The number of likely N-dealkylation sites (tertiary alicyclic amines) is 1. The molecule has 5 nitrogen and oxygen atoms in total. The molecule has 0 aromatic carbocycles. The van der Waals surface area contributed by atoms with Gasteiger partial charge in [-0.1, -0.05) is 6.42 Å². The molecule has 0 spiro atoms. The van der Waals surface area contributed by atoms with Crippen molar-refractivity contribution >= 4 is 11.9 Å². The molecule has 2 aromatic heterocycles. The van der Waals surface area contributed by atoms with E-state index >= 15 is 0 Å². The van der Waals surface area contributed by atoms with Gasteiger partial charge in [0.2, 0.25) is 0 Å². The van der Waals surface area contributed by atoms with Crippen molar-refractivity contribution in [2.45, 2.75) is 51.6 Å². The van der Waals surface area contributed by atoms with Gasteiger partial charge in [0, 0.05) is 30.3 Å². The van der Waals surface area contributed by atoms with Crippen molar-refractivity contribution < 1.29 is 4.79 Å². The molecule has 0 radical (unpaired) electrons. The first-order valence-electron chi connectivity index (χ1n) is 7.73. The van der Waals surface area contributed by atoms with Crippen LogP contribution in [0.25, 0.3) is 5.65 Å². The zero-order valence-corrected chi connectivity index (χ0v) is 12.7. The maximum Gasteiger partial charge on any atom is 0.161 e. The van der Waals surface area contributed by atoms with Gasteiger partial charge in [-0.3, -0.25) is 14.1 Å². The van der Waals surface area contributed by atoms with E-state index < -0.39 is 0 Å². The molecule has 0 N–H and O–H groups in total. The number of aromatic nitrogens is 3. The summed E-state index contributed by atoms with van der Waals surface area (Å²) in [6, 6.07) is 4.70. The van der Waals surface area contributed by atoms with E-state index in [2.05, 4.69) is 28.9 Å². The standard InChI is InChI=1S/C16H22N4O/c1-12(2)19-7-4-3-5-14(19)10-16-18-17-15-9-13(11-21)6-8-20(15)16/h6,8-9,11-12,14H,3-5,7,10H2,1-2H3. The first kappa shape index (κ1) is 14.2. The van der Waals surface area contributed by atoms with Crippen molar-refractivity contribution in [2.24, 2.45) is 0 Å². The highest BCUT2D eigenvalue weighted by Gasteiger charge is 2.26. The third-order valence-electron chi connectivity index (χ3n) is 4.39. The molecule has 2 aromatic rings. The van der Waals surface area contributed by atoms with E-state index in [1.807, 2.05) is 16.7 Å². The van der Waals surface area contributed by atoms with Crippen LogP contribution in [0, 0.1) is 0 Å². The zero-order valence-electron chi connectivity index (χ0n) is 12.7. The van der Waals surface area contributed by atoms with Gasteiger partial charge in [0.1, 0.15) is 12.1 Å². The van der Waals surface area contributed by atoms with Gasteiger partial charge in [-0.15, -0.1) is 10.2 Å². The second-order valence-electron chi connectivity index (χ2n) is 6.11. The number of hydrogen-bond acceptors (Lipinski definition) is 4. The van der Waals surface area contributed by atoms with Crippen LogP contribution in [0.2, 0.25) is 0 Å². The summed E-state index contributed by atoms with van der Waals surface area (Å²) < 4.78 is 2.00. The van der Waals surface area contributed by atoms with Crippen molar-refractivity contribution in [3.63, 3.8) is 0 Å². The van der Waals surface area contributed by atoms with Crippen molar-refractivity contribution in [1.29, 1.82) is 0 Å². The molecule has 1 unspecified atom stereocenters. The summed E-state index contributed by atoms with van der Waals surface area (Å²) in [6.45, 7) is 5.70. The second kappa shape index (κ2) is 5.93. The topological polar surface area (TPSA) is 50.5 Å². The Hall–Kier alpha value is -1.75. The van der Waals surface area contributed by atoms with Crippen LogP contribution >= 0.6 is 0 Å². The Bertz CT molecular complexity index is 634. The summed E-state index contributed by atoms with van der Waals surface area (Å²) in [6.07, 6.45) is 7.46. The van der Waals surface area contributed by atoms with Gasteiger partial charge in [0.15, 0.2) is 5.65 Å². The Morgan fingerprint density at radius 2 is 2.24 bits per heavy atom. The summed E-state index contributed by atoms with van der Waals surface area (Å²) in [5, 5.41) is 8.53. The molecule has 112 valence electrons. The lowest BCUT2D eigenvalue weighted by molar-refractivity contribution is 0.110. The quantitative estimate of drug-likeness (QED) is 0.810. The van der Waals surface area contributed by atoms with E-state index in [9.17, 15) is 4.79 Å². The van der Waals surface area contributed by atoms with Gasteiger partial charge in [-0.2, -0.15) is 0 Å². The fourth-order valence-electron chi connectivity index (χ4n) is 3.30. The van der Waals surface area contributed by atoms with E-state index in [-0.39, 0.29) is 0 Å². The lowest BCUT2D eigenvalue weighted by atomic mass is 9.97. The summed E-state index contributed by atoms with van der Waals surface area (Å²) in [5.74, 6) is 0.986. The molecule has 5 heteroatoms. The van der Waals surface area contributed by atoms with Crippen molar-refractivity contribution in [1.82, 2.24) is 19.5 Å². The molecule has 0 amide bonds. The number of nitrogens with zero attached hydrogens (tertiary/aromatic N) is 4. The highest BCUT2D eigenvalue weighted by Crippen LogP contribution is 2.22. The van der Waals surface area contributed by atoms with Gasteiger partial charge in [-0.25, -0.2) is 0 Å². The maximum absolute atomic E-state index is 10.8. The molecule has 1 saturated heterocycles. The van der Waals surface area contributed by atoms with Gasteiger partial charge in [0.25, 0.3) is 0 Å². The number of aldehydes is 1. The summed E-state index contributed by atoms with van der Waals surface area (Å²) in [7, 11) is 0. The van der Waals surface area contributed by atoms with E-state index in [0.29, 0.717) is 17.6 Å². The van der Waals surface area contributed by atoms with Crippen LogP contribution in [0.1, 0.15) is 49.3 Å². The predicted octanol–water partition coefficient (Wildman–Crippen LogP) is 2.35. The first-order valence-corrected chi connectivity index (χ1v) is 7.73. The van der Waals surface area contributed by atoms with Gasteiger partial charge in [-0.05, 0) is 45.4 Å². The van der Waals surface area contributed by atoms with Gasteiger partial charge >= 0.3 is 0 Å². The summed E-state index contributed by atoms with van der Waals surface area (Å²) in [5.41, 5.74) is 1.39. The molecule has 1 aliphatic heterocycles. The molecule has 0 aliphatic carbocycles. The number of carbonyl (C=O) groups is 1. The van der Waals surface area contributed by atoms with Crippen LogP contribution in [-0.4, -0.2) is 44.4 Å². The molecule has 1 aliphatic rings. The van der Waals surface area contributed by atoms with E-state index in [1.54, 1.807) is 6.07 Å². The lowest BCUT2D eigenvalue weighted by Crippen LogP contribution is -2.45. The highest BCUT2D eigenvalue weighted by molar-refractivity contribution is 5.76. The highest BCUT2D eigenvalue weighted by atomic mass is 16.1.